The Kier molecular flexibility index (Phi) is 6.50. The molecule has 33 heavy (non-hydrogen) atoms. The van der Waals surface area contributed by atoms with Crippen LogP contribution in [0.15, 0.2) is 37.1 Å². The number of nitrogens with one attached hydrogen (secondary N) is 1. The molecule has 0 saturated carbocycles. The molecular formula is C20H19F3N8OS. The van der Waals surface area contributed by atoms with Gasteiger partial charge in [0.2, 0.25) is 5.95 Å². The van der Waals surface area contributed by atoms with Crippen molar-refractivity contribution in [3.05, 3.63) is 48.3 Å². The molecule has 172 valence electrons. The summed E-state index contributed by atoms with van der Waals surface area (Å²) in [4.78, 5) is 16.1. The number of aromatic nitrogens is 5. The Morgan fingerprint density at radius 3 is 2.67 bits per heavy atom. The van der Waals surface area contributed by atoms with Gasteiger partial charge in [0.05, 0.1) is 5.69 Å². The van der Waals surface area contributed by atoms with E-state index in [9.17, 15) is 23.0 Å². The average molecular weight is 476 g/mol. The molecule has 1 aliphatic heterocycles. The maximum Gasteiger partial charge on any atom is 0.420 e. The van der Waals surface area contributed by atoms with Crippen LogP contribution in [0.25, 0.3) is 17.1 Å². The van der Waals surface area contributed by atoms with Crippen LogP contribution in [0.5, 0.6) is 0 Å². The molecule has 1 saturated heterocycles. The van der Waals surface area contributed by atoms with Crippen LogP contribution in [0.2, 0.25) is 0 Å². The maximum atomic E-state index is 13.7. The Balaban J connectivity index is 1.63. The smallest absolute Gasteiger partial charge is 0.420 e. The zero-order valence-electron chi connectivity index (χ0n) is 17.5. The largest absolute Gasteiger partial charge is 0.598 e. The molecule has 1 N–H and O–H groups in total. The molecule has 1 atom stereocenters. The van der Waals surface area contributed by atoms with Gasteiger partial charge in [0.25, 0.3) is 0 Å². The molecule has 4 heterocycles. The highest BCUT2D eigenvalue weighted by Gasteiger charge is 2.36. The van der Waals surface area contributed by atoms with E-state index in [0.717, 1.165) is 6.20 Å². The van der Waals surface area contributed by atoms with Gasteiger partial charge in [-0.15, -0.1) is 4.31 Å². The van der Waals surface area contributed by atoms with E-state index in [2.05, 4.69) is 25.3 Å². The quantitative estimate of drug-likeness (QED) is 0.559. The van der Waals surface area contributed by atoms with Gasteiger partial charge >= 0.3 is 6.18 Å². The second-order valence-electron chi connectivity index (χ2n) is 7.37. The third-order valence-corrected chi connectivity index (χ3v) is 6.33. The fourth-order valence-electron chi connectivity index (χ4n) is 3.56. The summed E-state index contributed by atoms with van der Waals surface area (Å²) in [5.41, 5.74) is -0.896. The highest BCUT2D eigenvalue weighted by molar-refractivity contribution is 7.88. The van der Waals surface area contributed by atoms with Gasteiger partial charge in [-0.1, -0.05) is 0 Å². The number of pyridine rings is 1. The Morgan fingerprint density at radius 2 is 2.00 bits per heavy atom. The van der Waals surface area contributed by atoms with Gasteiger partial charge < -0.3 is 14.4 Å². The lowest BCUT2D eigenvalue weighted by Gasteiger charge is -2.31. The highest BCUT2D eigenvalue weighted by Crippen LogP contribution is 2.36. The number of imidazole rings is 1. The SMILES string of the molecule is C[S+]([O-])N1CCC(Nc2ncc(C(F)(F)F)c(-c3cn(-c4cccnc4C#N)cn3)n2)CC1. The number of piperidine rings is 1. The molecular weight excluding hydrogens is 457 g/mol. The van der Waals surface area contributed by atoms with Crippen molar-refractivity contribution in [2.45, 2.75) is 25.1 Å². The summed E-state index contributed by atoms with van der Waals surface area (Å²) in [5.74, 6) is 0.0581. The van der Waals surface area contributed by atoms with E-state index in [4.69, 9.17) is 0 Å². The zero-order valence-corrected chi connectivity index (χ0v) is 18.3. The molecule has 0 radical (unpaired) electrons. The molecule has 0 aliphatic carbocycles. The van der Waals surface area contributed by atoms with Crippen molar-refractivity contribution in [1.82, 2.24) is 28.8 Å². The van der Waals surface area contributed by atoms with E-state index < -0.39 is 23.1 Å². The van der Waals surface area contributed by atoms with Crippen molar-refractivity contribution in [2.24, 2.45) is 0 Å². The van der Waals surface area contributed by atoms with E-state index in [1.165, 1.54) is 23.3 Å². The maximum absolute atomic E-state index is 13.7. The number of halogens is 3. The molecule has 0 amide bonds. The zero-order chi connectivity index (χ0) is 23.6. The van der Waals surface area contributed by atoms with Crippen LogP contribution >= 0.6 is 0 Å². The molecule has 13 heteroatoms. The molecule has 1 fully saturated rings. The lowest BCUT2D eigenvalue weighted by molar-refractivity contribution is -0.137. The summed E-state index contributed by atoms with van der Waals surface area (Å²) in [7, 11) is 0. The second kappa shape index (κ2) is 9.34. The summed E-state index contributed by atoms with van der Waals surface area (Å²) in [6.07, 6.45) is 3.12. The Morgan fingerprint density at radius 1 is 1.24 bits per heavy atom. The predicted molar refractivity (Wildman–Crippen MR) is 114 cm³/mol. The van der Waals surface area contributed by atoms with Crippen LogP contribution < -0.4 is 5.32 Å². The molecule has 1 unspecified atom stereocenters. The van der Waals surface area contributed by atoms with E-state index in [0.29, 0.717) is 31.6 Å². The van der Waals surface area contributed by atoms with Crippen LogP contribution in [-0.4, -0.2) is 58.7 Å². The van der Waals surface area contributed by atoms with Gasteiger partial charge in [-0.2, -0.15) is 18.4 Å². The highest BCUT2D eigenvalue weighted by atomic mass is 32.2. The van der Waals surface area contributed by atoms with Gasteiger partial charge in [-0.25, -0.2) is 19.9 Å². The lowest BCUT2D eigenvalue weighted by Crippen LogP contribution is -2.42. The molecule has 0 bridgehead atoms. The summed E-state index contributed by atoms with van der Waals surface area (Å²) in [6, 6.07) is 5.12. The van der Waals surface area contributed by atoms with Crippen LogP contribution in [0.3, 0.4) is 0 Å². The summed E-state index contributed by atoms with van der Waals surface area (Å²) in [5, 5.41) is 12.3. The topological polar surface area (TPSA) is 119 Å². The minimum absolute atomic E-state index is 0.0169. The Bertz CT molecular complexity index is 1170. The normalized spacial score (nSPS) is 16.4. The molecule has 3 aromatic heterocycles. The number of hydrogen-bond donors (Lipinski definition) is 1. The van der Waals surface area contributed by atoms with Gasteiger partial charge in [0.1, 0.15) is 35.6 Å². The number of nitrogens with zero attached hydrogens (tertiary/aromatic N) is 7. The first-order valence-electron chi connectivity index (χ1n) is 9.95. The second-order valence-corrected chi connectivity index (χ2v) is 8.74. The van der Waals surface area contributed by atoms with Gasteiger partial charge in [-0.05, 0) is 25.0 Å². The molecule has 1 aliphatic rings. The Hall–Kier alpha value is -3.21. The van der Waals surface area contributed by atoms with E-state index in [-0.39, 0.29) is 29.1 Å². The van der Waals surface area contributed by atoms with Gasteiger partial charge in [-0.3, -0.25) is 0 Å². The molecule has 9 nitrogen and oxygen atoms in total. The first-order valence-corrected chi connectivity index (χ1v) is 11.5. The van der Waals surface area contributed by atoms with Gasteiger partial charge in [0.15, 0.2) is 5.69 Å². The summed E-state index contributed by atoms with van der Waals surface area (Å²) in [6.45, 7) is 1.20. The molecule has 3 aromatic rings. The van der Waals surface area contributed by atoms with E-state index in [1.54, 1.807) is 18.4 Å². The predicted octanol–water partition coefficient (Wildman–Crippen LogP) is 2.78. The van der Waals surface area contributed by atoms with Crippen LogP contribution in [0.1, 0.15) is 24.1 Å². The number of alkyl halides is 3. The van der Waals surface area contributed by atoms with E-state index in [1.807, 2.05) is 10.4 Å². The van der Waals surface area contributed by atoms with Crippen molar-refractivity contribution in [2.75, 3.05) is 24.7 Å². The van der Waals surface area contributed by atoms with Crippen LogP contribution in [0.4, 0.5) is 19.1 Å². The third kappa shape index (κ3) is 5.08. The number of anilines is 1. The average Bonchev–Trinajstić information content (AvgIpc) is 3.29. The van der Waals surface area contributed by atoms with Crippen molar-refractivity contribution in [3.8, 4) is 23.1 Å². The third-order valence-electron chi connectivity index (χ3n) is 5.24. The van der Waals surface area contributed by atoms with Gasteiger partial charge in [0, 0.05) is 49.1 Å². The number of hydrogen-bond acceptors (Lipinski definition) is 8. The fourth-order valence-corrected chi connectivity index (χ4v) is 4.29. The van der Waals surface area contributed by atoms with E-state index >= 15 is 0 Å². The number of nitriles is 1. The minimum atomic E-state index is -4.68. The summed E-state index contributed by atoms with van der Waals surface area (Å²) < 4.78 is 55.9. The Labute approximate surface area is 190 Å². The van der Waals surface area contributed by atoms with Crippen LogP contribution in [-0.2, 0) is 17.5 Å². The van der Waals surface area contributed by atoms with Crippen molar-refractivity contribution in [1.29, 1.82) is 5.26 Å². The first kappa shape index (κ1) is 23.0. The molecule has 0 aromatic carbocycles. The number of rotatable bonds is 5. The lowest BCUT2D eigenvalue weighted by atomic mass is 10.1. The fraction of sp³-hybridized carbons (Fsp3) is 0.350. The minimum Gasteiger partial charge on any atom is -0.598 e. The van der Waals surface area contributed by atoms with Crippen molar-refractivity contribution >= 4 is 17.3 Å². The monoisotopic (exact) mass is 476 g/mol. The molecule has 4 rings (SSSR count). The standard InChI is InChI=1S/C20H19F3N8OS/c1-33(32)31-7-4-13(5-8-31)28-19-26-10-14(20(21,22)23)18(29-19)16-11-30(12-27-16)17-3-2-6-25-15(17)9-24/h2-3,6,10-13H,4-5,7-8H2,1H3,(H,26,28,29). The van der Waals surface area contributed by atoms with Crippen molar-refractivity contribution < 1.29 is 17.7 Å². The van der Waals surface area contributed by atoms with Crippen molar-refractivity contribution in [3.63, 3.8) is 0 Å². The van der Waals surface area contributed by atoms with Crippen LogP contribution in [0, 0.1) is 11.3 Å². The summed E-state index contributed by atoms with van der Waals surface area (Å²) >= 11 is -1.06. The molecule has 0 spiro atoms. The first-order chi connectivity index (χ1) is 15.8.